The first-order chi connectivity index (χ1) is 15.9. The Morgan fingerprint density at radius 1 is 0.970 bits per heavy atom. The van der Waals surface area contributed by atoms with Crippen molar-refractivity contribution in [3.63, 3.8) is 0 Å². The molecule has 0 unspecified atom stereocenters. The quantitative estimate of drug-likeness (QED) is 0.288. The molecule has 168 valence electrons. The lowest BCUT2D eigenvalue weighted by atomic mass is 10.2. The van der Waals surface area contributed by atoms with Crippen molar-refractivity contribution in [3.8, 4) is 5.75 Å². The minimum absolute atomic E-state index is 0.0210. The summed E-state index contributed by atoms with van der Waals surface area (Å²) in [7, 11) is 0. The van der Waals surface area contributed by atoms with E-state index in [1.807, 2.05) is 30.3 Å². The summed E-state index contributed by atoms with van der Waals surface area (Å²) in [5.41, 5.74) is 4.50. The zero-order chi connectivity index (χ0) is 23.6. The molecular weight excluding hydrogens is 424 g/mol. The van der Waals surface area contributed by atoms with E-state index in [0.717, 1.165) is 5.56 Å². The van der Waals surface area contributed by atoms with Crippen LogP contribution in [0.15, 0.2) is 84.0 Å². The number of anilines is 1. The first kappa shape index (κ1) is 23.1. The third kappa shape index (κ3) is 7.28. The number of carbonyl (C=O) groups is 2. The Balaban J connectivity index is 1.45. The smallest absolute Gasteiger partial charge is 0.271 e. The number of rotatable bonds is 9. The monoisotopic (exact) mass is 446 g/mol. The molecular formula is C24H22N4O5. The maximum absolute atomic E-state index is 12.2. The van der Waals surface area contributed by atoms with E-state index in [9.17, 15) is 19.7 Å². The van der Waals surface area contributed by atoms with Gasteiger partial charge in [-0.15, -0.1) is 0 Å². The van der Waals surface area contributed by atoms with Crippen molar-refractivity contribution < 1.29 is 19.2 Å². The minimum Gasteiger partial charge on any atom is -0.489 e. The van der Waals surface area contributed by atoms with Gasteiger partial charge in [-0.3, -0.25) is 19.7 Å². The number of carbonyl (C=O) groups excluding carboxylic acids is 2. The molecule has 3 rings (SSSR count). The highest BCUT2D eigenvalue weighted by Gasteiger charge is 2.10. The van der Waals surface area contributed by atoms with E-state index in [2.05, 4.69) is 15.8 Å². The molecule has 0 saturated carbocycles. The van der Waals surface area contributed by atoms with Crippen LogP contribution in [0.4, 0.5) is 11.4 Å². The molecule has 2 N–H and O–H groups in total. The van der Waals surface area contributed by atoms with Gasteiger partial charge >= 0.3 is 0 Å². The normalized spacial score (nSPS) is 10.9. The molecule has 0 saturated heterocycles. The predicted molar refractivity (Wildman–Crippen MR) is 124 cm³/mol. The number of amides is 2. The molecule has 3 aromatic carbocycles. The Hall–Kier alpha value is -4.53. The Morgan fingerprint density at radius 2 is 1.64 bits per heavy atom. The number of nitrogens with zero attached hydrogens (tertiary/aromatic N) is 2. The number of hydrogen-bond acceptors (Lipinski definition) is 6. The number of ether oxygens (including phenoxy) is 1. The van der Waals surface area contributed by atoms with Crippen LogP contribution in [0, 0.1) is 10.1 Å². The Labute approximate surface area is 190 Å². The van der Waals surface area contributed by atoms with Crippen LogP contribution < -0.4 is 15.5 Å². The van der Waals surface area contributed by atoms with Crippen LogP contribution in [0.2, 0.25) is 0 Å². The number of nitro benzene ring substituents is 1. The SMILES string of the molecule is C/C(CC(=O)Nc1ccc(OCc2ccccc2)cc1)=N/NC(=O)c1ccc([N+](=O)[O-])cc1. The maximum atomic E-state index is 12.2. The highest BCUT2D eigenvalue weighted by molar-refractivity contribution is 6.06. The minimum atomic E-state index is -0.548. The van der Waals surface area contributed by atoms with Crippen molar-refractivity contribution in [1.82, 2.24) is 5.43 Å². The van der Waals surface area contributed by atoms with E-state index in [1.165, 1.54) is 24.3 Å². The summed E-state index contributed by atoms with van der Waals surface area (Å²) < 4.78 is 5.72. The van der Waals surface area contributed by atoms with Gasteiger partial charge in [-0.25, -0.2) is 5.43 Å². The Bertz CT molecular complexity index is 1140. The van der Waals surface area contributed by atoms with E-state index in [0.29, 0.717) is 23.8 Å². The van der Waals surface area contributed by atoms with Gasteiger partial charge in [0.25, 0.3) is 11.6 Å². The van der Waals surface area contributed by atoms with Gasteiger partial charge in [-0.2, -0.15) is 5.10 Å². The van der Waals surface area contributed by atoms with Gasteiger partial charge in [0.1, 0.15) is 12.4 Å². The molecule has 0 atom stereocenters. The zero-order valence-corrected chi connectivity index (χ0v) is 17.9. The fraction of sp³-hybridized carbons (Fsp3) is 0.125. The Kier molecular flexibility index (Phi) is 7.85. The predicted octanol–water partition coefficient (Wildman–Crippen LogP) is 4.31. The summed E-state index contributed by atoms with van der Waals surface area (Å²) in [6, 6.07) is 21.9. The van der Waals surface area contributed by atoms with Crippen LogP contribution in [0.3, 0.4) is 0 Å². The fourth-order valence-electron chi connectivity index (χ4n) is 2.80. The van der Waals surface area contributed by atoms with Crippen molar-refractivity contribution in [1.29, 1.82) is 0 Å². The first-order valence-electron chi connectivity index (χ1n) is 10.1. The van der Waals surface area contributed by atoms with E-state index < -0.39 is 10.8 Å². The summed E-state index contributed by atoms with van der Waals surface area (Å²) in [6.07, 6.45) is -0.0210. The molecule has 0 fully saturated rings. The van der Waals surface area contributed by atoms with E-state index in [1.54, 1.807) is 31.2 Å². The van der Waals surface area contributed by atoms with Gasteiger partial charge in [0.2, 0.25) is 5.91 Å². The summed E-state index contributed by atoms with van der Waals surface area (Å²) in [4.78, 5) is 34.4. The lowest BCUT2D eigenvalue weighted by Crippen LogP contribution is -2.21. The molecule has 0 heterocycles. The standard InChI is InChI=1S/C24H22N4O5/c1-17(26-27-24(30)19-7-11-21(12-8-19)28(31)32)15-23(29)25-20-9-13-22(14-10-20)33-16-18-5-3-2-4-6-18/h2-14H,15-16H2,1H3,(H,25,29)(H,27,30)/b26-17-. The molecule has 9 nitrogen and oxygen atoms in total. The summed E-state index contributed by atoms with van der Waals surface area (Å²) in [5.74, 6) is -0.141. The molecule has 0 aliphatic carbocycles. The molecule has 9 heteroatoms. The average molecular weight is 446 g/mol. The highest BCUT2D eigenvalue weighted by Crippen LogP contribution is 2.17. The van der Waals surface area contributed by atoms with Crippen molar-refractivity contribution in [2.24, 2.45) is 5.10 Å². The maximum Gasteiger partial charge on any atom is 0.271 e. The molecule has 0 radical (unpaired) electrons. The van der Waals surface area contributed by atoms with Crippen molar-refractivity contribution in [3.05, 3.63) is 100 Å². The van der Waals surface area contributed by atoms with Crippen molar-refractivity contribution in [2.45, 2.75) is 20.0 Å². The van der Waals surface area contributed by atoms with Gasteiger partial charge in [0, 0.05) is 29.1 Å². The molecule has 0 aliphatic heterocycles. The van der Waals surface area contributed by atoms with Crippen LogP contribution in [0.25, 0.3) is 0 Å². The van der Waals surface area contributed by atoms with Gasteiger partial charge in [0.15, 0.2) is 0 Å². The molecule has 33 heavy (non-hydrogen) atoms. The number of non-ortho nitro benzene ring substituents is 1. The molecule has 0 spiro atoms. The van der Waals surface area contributed by atoms with Crippen LogP contribution in [-0.4, -0.2) is 22.4 Å². The van der Waals surface area contributed by atoms with Gasteiger partial charge in [-0.05, 0) is 48.9 Å². The summed E-state index contributed by atoms with van der Waals surface area (Å²) in [6.45, 7) is 2.06. The lowest BCUT2D eigenvalue weighted by Gasteiger charge is -2.09. The second-order valence-electron chi connectivity index (χ2n) is 7.12. The highest BCUT2D eigenvalue weighted by atomic mass is 16.6. The average Bonchev–Trinajstić information content (AvgIpc) is 2.82. The Morgan fingerprint density at radius 3 is 2.27 bits per heavy atom. The fourth-order valence-corrected chi connectivity index (χ4v) is 2.80. The van der Waals surface area contributed by atoms with Crippen LogP contribution in [-0.2, 0) is 11.4 Å². The van der Waals surface area contributed by atoms with Crippen molar-refractivity contribution >= 4 is 28.9 Å². The van der Waals surface area contributed by atoms with Crippen LogP contribution >= 0.6 is 0 Å². The number of benzene rings is 3. The molecule has 0 bridgehead atoms. The van der Waals surface area contributed by atoms with Crippen molar-refractivity contribution in [2.75, 3.05) is 5.32 Å². The van der Waals surface area contributed by atoms with Gasteiger partial charge < -0.3 is 10.1 Å². The molecule has 0 aromatic heterocycles. The second kappa shape index (κ2) is 11.2. The van der Waals surface area contributed by atoms with Crippen LogP contribution in [0.5, 0.6) is 5.75 Å². The third-order valence-corrected chi connectivity index (χ3v) is 4.49. The third-order valence-electron chi connectivity index (χ3n) is 4.49. The lowest BCUT2D eigenvalue weighted by molar-refractivity contribution is -0.384. The number of nitro groups is 1. The first-order valence-corrected chi connectivity index (χ1v) is 10.1. The van der Waals surface area contributed by atoms with E-state index in [-0.39, 0.29) is 23.6 Å². The van der Waals surface area contributed by atoms with E-state index >= 15 is 0 Å². The van der Waals surface area contributed by atoms with Gasteiger partial charge in [0.05, 0.1) is 11.3 Å². The number of hydrogen-bond donors (Lipinski definition) is 2. The van der Waals surface area contributed by atoms with Gasteiger partial charge in [-0.1, -0.05) is 30.3 Å². The molecule has 2 amide bonds. The van der Waals surface area contributed by atoms with E-state index in [4.69, 9.17) is 4.74 Å². The number of hydrazone groups is 1. The molecule has 3 aromatic rings. The molecule has 0 aliphatic rings. The summed E-state index contributed by atoms with van der Waals surface area (Å²) in [5, 5.41) is 17.3. The van der Waals surface area contributed by atoms with Crippen LogP contribution in [0.1, 0.15) is 29.3 Å². The summed E-state index contributed by atoms with van der Waals surface area (Å²) >= 11 is 0. The zero-order valence-electron chi connectivity index (χ0n) is 17.9. The second-order valence-corrected chi connectivity index (χ2v) is 7.12. The topological polar surface area (TPSA) is 123 Å². The number of nitrogens with one attached hydrogen (secondary N) is 2. The largest absolute Gasteiger partial charge is 0.489 e.